The molecule has 1 N–H and O–H groups in total. The third-order valence-electron chi connectivity index (χ3n) is 3.67. The molecule has 28 heavy (non-hydrogen) atoms. The van der Waals surface area contributed by atoms with Crippen molar-refractivity contribution in [1.29, 1.82) is 0 Å². The molecule has 0 spiro atoms. The molecule has 7 nitrogen and oxygen atoms in total. The van der Waals surface area contributed by atoms with Gasteiger partial charge in [-0.25, -0.2) is 9.78 Å². The third kappa shape index (κ3) is 4.24. The van der Waals surface area contributed by atoms with Crippen molar-refractivity contribution in [3.63, 3.8) is 0 Å². The van der Waals surface area contributed by atoms with Crippen molar-refractivity contribution in [1.82, 2.24) is 4.98 Å². The molecule has 3 rings (SSSR count). The van der Waals surface area contributed by atoms with Gasteiger partial charge in [0.1, 0.15) is 23.3 Å². The Morgan fingerprint density at radius 3 is 2.93 bits per heavy atom. The molecule has 0 unspecified atom stereocenters. The normalized spacial score (nSPS) is 10.9. The van der Waals surface area contributed by atoms with Gasteiger partial charge in [-0.15, -0.1) is 0 Å². The summed E-state index contributed by atoms with van der Waals surface area (Å²) in [5.74, 6) is -1.02. The summed E-state index contributed by atoms with van der Waals surface area (Å²) in [6.45, 7) is 5.22. The molecule has 0 aliphatic carbocycles. The first-order valence-electron chi connectivity index (χ1n) is 8.24. The number of thiazole rings is 1. The highest BCUT2D eigenvalue weighted by Gasteiger charge is 2.17. The molecule has 0 aliphatic rings. The predicted molar refractivity (Wildman–Crippen MR) is 107 cm³/mol. The van der Waals surface area contributed by atoms with Crippen LogP contribution in [0.2, 0.25) is 0 Å². The van der Waals surface area contributed by atoms with Crippen LogP contribution in [0.1, 0.15) is 20.9 Å². The van der Waals surface area contributed by atoms with Crippen LogP contribution in [0.4, 0.5) is 5.13 Å². The van der Waals surface area contributed by atoms with Gasteiger partial charge < -0.3 is 9.15 Å². The van der Waals surface area contributed by atoms with Crippen LogP contribution in [0.3, 0.4) is 0 Å². The molecule has 0 radical (unpaired) electrons. The van der Waals surface area contributed by atoms with Gasteiger partial charge in [0.15, 0.2) is 10.6 Å². The number of fused-ring (bicyclic) bond motifs is 1. The maximum Gasteiger partial charge on any atom is 0.350 e. The number of anilines is 1. The van der Waals surface area contributed by atoms with Crippen LogP contribution in [-0.2, 0) is 9.53 Å². The summed E-state index contributed by atoms with van der Waals surface area (Å²) in [5.41, 5.74) is 0.942. The number of benzene rings is 1. The Morgan fingerprint density at radius 1 is 1.36 bits per heavy atom. The highest BCUT2D eigenvalue weighted by Crippen LogP contribution is 2.23. The van der Waals surface area contributed by atoms with Crippen molar-refractivity contribution in [3.8, 4) is 0 Å². The predicted octanol–water partition coefficient (Wildman–Crippen LogP) is 3.55. The van der Waals surface area contributed by atoms with Crippen LogP contribution in [0.25, 0.3) is 17.0 Å². The number of nitrogens with zero attached hydrogens (tertiary/aromatic N) is 1. The minimum atomic E-state index is -0.528. The molecule has 2 heterocycles. The van der Waals surface area contributed by atoms with E-state index >= 15 is 0 Å². The highest BCUT2D eigenvalue weighted by atomic mass is 32.1. The summed E-state index contributed by atoms with van der Waals surface area (Å²) in [5, 5.41) is 3.25. The number of carbonyl (C=O) groups is 2. The Morgan fingerprint density at radius 2 is 2.14 bits per heavy atom. The van der Waals surface area contributed by atoms with Gasteiger partial charge in [0, 0.05) is 6.08 Å². The largest absolute Gasteiger partial charge is 0.463 e. The maximum atomic E-state index is 12.4. The zero-order valence-electron chi connectivity index (χ0n) is 14.9. The lowest BCUT2D eigenvalue weighted by Crippen LogP contribution is -2.09. The van der Waals surface area contributed by atoms with Crippen LogP contribution >= 0.6 is 11.3 Å². The lowest BCUT2D eigenvalue weighted by Gasteiger charge is -1.99. The molecule has 0 atom stereocenters. The fourth-order valence-corrected chi connectivity index (χ4v) is 3.22. The van der Waals surface area contributed by atoms with Crippen molar-refractivity contribution in [2.45, 2.75) is 6.92 Å². The molecule has 2 aromatic heterocycles. The Hall–Kier alpha value is -3.52. The smallest absolute Gasteiger partial charge is 0.350 e. The molecule has 1 amide bonds. The van der Waals surface area contributed by atoms with Crippen LogP contribution in [0, 0.1) is 6.92 Å². The van der Waals surface area contributed by atoms with Crippen molar-refractivity contribution in [3.05, 3.63) is 75.6 Å². The van der Waals surface area contributed by atoms with E-state index in [4.69, 9.17) is 9.15 Å². The summed E-state index contributed by atoms with van der Waals surface area (Å²) in [6, 6.07) is 6.86. The molecule has 8 heteroatoms. The van der Waals surface area contributed by atoms with E-state index in [1.807, 2.05) is 0 Å². The van der Waals surface area contributed by atoms with Gasteiger partial charge in [-0.05, 0) is 25.1 Å². The SMILES string of the molecule is C=CCOC(=O)c1sc(NC(=O)/C=C/c2coc3ccccc3c2=O)nc1C. The fraction of sp³-hybridized carbons (Fsp3) is 0.100. The van der Waals surface area contributed by atoms with Crippen molar-refractivity contribution < 1.29 is 18.7 Å². The van der Waals surface area contributed by atoms with Gasteiger partial charge in [0.05, 0.1) is 16.6 Å². The summed E-state index contributed by atoms with van der Waals surface area (Å²) >= 11 is 1.01. The zero-order chi connectivity index (χ0) is 20.1. The molecular weight excluding hydrogens is 380 g/mol. The summed E-state index contributed by atoms with van der Waals surface area (Å²) in [4.78, 5) is 40.9. The molecular formula is C20H16N2O5S. The van der Waals surface area contributed by atoms with Gasteiger partial charge in [0.2, 0.25) is 5.91 Å². The number of esters is 1. The molecule has 0 fully saturated rings. The topological polar surface area (TPSA) is 98.5 Å². The number of nitrogens with one attached hydrogen (secondary N) is 1. The van der Waals surface area contributed by atoms with Crippen molar-refractivity contribution >= 4 is 45.4 Å². The second-order valence-corrected chi connectivity index (χ2v) is 6.66. The zero-order valence-corrected chi connectivity index (χ0v) is 15.7. The van der Waals surface area contributed by atoms with E-state index in [1.54, 1.807) is 31.2 Å². The van der Waals surface area contributed by atoms with Crippen LogP contribution in [0.5, 0.6) is 0 Å². The monoisotopic (exact) mass is 396 g/mol. The molecule has 142 valence electrons. The molecule has 3 aromatic rings. The quantitative estimate of drug-likeness (QED) is 0.389. The van der Waals surface area contributed by atoms with Gasteiger partial charge in [-0.3, -0.25) is 14.9 Å². The molecule has 0 saturated carbocycles. The molecule has 0 saturated heterocycles. The van der Waals surface area contributed by atoms with E-state index in [0.717, 1.165) is 11.3 Å². The fourth-order valence-electron chi connectivity index (χ4n) is 2.36. The first-order chi connectivity index (χ1) is 13.5. The maximum absolute atomic E-state index is 12.4. The summed E-state index contributed by atoms with van der Waals surface area (Å²) in [6.07, 6.45) is 5.33. The molecule has 1 aromatic carbocycles. The number of carbonyl (C=O) groups excluding carboxylic acids is 2. The average molecular weight is 396 g/mol. The lowest BCUT2D eigenvalue weighted by molar-refractivity contribution is -0.111. The average Bonchev–Trinajstić information content (AvgIpc) is 3.05. The van der Waals surface area contributed by atoms with Gasteiger partial charge in [0.25, 0.3) is 0 Å². The molecule has 0 bridgehead atoms. The number of aryl methyl sites for hydroxylation is 1. The summed E-state index contributed by atoms with van der Waals surface area (Å²) < 4.78 is 10.4. The van der Waals surface area contributed by atoms with Crippen LogP contribution < -0.4 is 10.7 Å². The van der Waals surface area contributed by atoms with Gasteiger partial charge in [-0.1, -0.05) is 36.1 Å². The minimum Gasteiger partial charge on any atom is -0.463 e. The first-order valence-corrected chi connectivity index (χ1v) is 9.06. The number of hydrogen-bond acceptors (Lipinski definition) is 7. The van der Waals surface area contributed by atoms with Gasteiger partial charge in [-0.2, -0.15) is 0 Å². The number of rotatable bonds is 6. The van der Waals surface area contributed by atoms with Crippen LogP contribution in [-0.4, -0.2) is 23.5 Å². The van der Waals surface area contributed by atoms with Crippen molar-refractivity contribution in [2.24, 2.45) is 0 Å². The number of para-hydroxylation sites is 1. The number of ether oxygens (including phenoxy) is 1. The number of aromatic nitrogens is 1. The standard InChI is InChI=1S/C20H16N2O5S/c1-3-10-26-19(25)18-12(2)21-20(28-18)22-16(23)9-8-13-11-27-15-7-5-4-6-14(15)17(13)24/h3-9,11H,1,10H2,2H3,(H,21,22,23)/b9-8+. The van der Waals surface area contributed by atoms with E-state index in [-0.39, 0.29) is 22.7 Å². The van der Waals surface area contributed by atoms with Crippen molar-refractivity contribution in [2.75, 3.05) is 11.9 Å². The van der Waals surface area contributed by atoms with E-state index in [1.165, 1.54) is 24.5 Å². The number of hydrogen-bond donors (Lipinski definition) is 1. The van der Waals surface area contributed by atoms with E-state index in [0.29, 0.717) is 21.5 Å². The van der Waals surface area contributed by atoms with E-state index in [9.17, 15) is 14.4 Å². The lowest BCUT2D eigenvalue weighted by atomic mass is 10.1. The van der Waals surface area contributed by atoms with Gasteiger partial charge >= 0.3 is 5.97 Å². The summed E-state index contributed by atoms with van der Waals surface area (Å²) in [7, 11) is 0. The molecule has 0 aliphatic heterocycles. The highest BCUT2D eigenvalue weighted by molar-refractivity contribution is 7.17. The Kier molecular flexibility index (Phi) is 5.81. The Bertz CT molecular complexity index is 1140. The number of amides is 1. The minimum absolute atomic E-state index is 0.0922. The van der Waals surface area contributed by atoms with E-state index in [2.05, 4.69) is 16.9 Å². The second-order valence-electron chi connectivity index (χ2n) is 5.66. The van der Waals surface area contributed by atoms with E-state index < -0.39 is 11.9 Å². The Labute approximate surface area is 164 Å². The first kappa shape index (κ1) is 19.2. The second kappa shape index (κ2) is 8.45. The van der Waals surface area contributed by atoms with Crippen LogP contribution in [0.15, 0.2) is 58.5 Å². The third-order valence-corrected chi connectivity index (χ3v) is 4.72. The Balaban J connectivity index is 1.72.